The lowest BCUT2D eigenvalue weighted by molar-refractivity contribution is -0.413. The summed E-state index contributed by atoms with van der Waals surface area (Å²) in [6.07, 6.45) is 6.05. The number of benzene rings is 1. The van der Waals surface area contributed by atoms with Crippen molar-refractivity contribution >= 4 is 35.2 Å². The number of piperidine rings is 1. The maximum atomic E-state index is 13.3. The first-order valence-electron chi connectivity index (χ1n) is 10.0. The molecule has 2 amide bonds. The molecule has 2 aliphatic heterocycles. The minimum Gasteiger partial charge on any atom is -0.423 e. The van der Waals surface area contributed by atoms with Gasteiger partial charge < -0.3 is 20.4 Å². The second kappa shape index (κ2) is 7.75. The van der Waals surface area contributed by atoms with Gasteiger partial charge in [0.05, 0.1) is 5.02 Å². The summed E-state index contributed by atoms with van der Waals surface area (Å²) in [6, 6.07) is 5.23. The largest absolute Gasteiger partial charge is 0.423 e. The van der Waals surface area contributed by atoms with Crippen LogP contribution in [0.25, 0.3) is 5.70 Å². The molecule has 2 bridgehead atoms. The fraction of sp³-hybridized carbons (Fsp3) is 0.429. The number of nitrogens with one attached hydrogen (secondary N) is 2. The van der Waals surface area contributed by atoms with Crippen molar-refractivity contribution in [1.82, 2.24) is 15.1 Å². The zero-order chi connectivity index (χ0) is 21.5. The average Bonchev–Trinajstić information content (AvgIpc) is 3.13. The number of urea groups is 1. The molecule has 30 heavy (non-hydrogen) atoms. The van der Waals surface area contributed by atoms with Gasteiger partial charge >= 0.3 is 6.03 Å². The van der Waals surface area contributed by atoms with Crippen LogP contribution in [0.2, 0.25) is 5.02 Å². The maximum Gasteiger partial charge on any atom is 0.323 e. The first-order chi connectivity index (χ1) is 14.3. The predicted molar refractivity (Wildman–Crippen MR) is 115 cm³/mol. The van der Waals surface area contributed by atoms with Gasteiger partial charge in [-0.15, -0.1) is 10.2 Å². The fourth-order valence-corrected chi connectivity index (χ4v) is 4.93. The Labute approximate surface area is 180 Å². The summed E-state index contributed by atoms with van der Waals surface area (Å²) in [6.45, 7) is 3.96. The minimum absolute atomic E-state index is 0.155. The summed E-state index contributed by atoms with van der Waals surface area (Å²) in [5.74, 6) is 1.50. The van der Waals surface area contributed by atoms with Crippen molar-refractivity contribution in [3.05, 3.63) is 46.6 Å². The van der Waals surface area contributed by atoms with Crippen LogP contribution in [-0.2, 0) is 5.54 Å². The van der Waals surface area contributed by atoms with Crippen molar-refractivity contribution in [3.8, 4) is 0 Å². The Kier molecular flexibility index (Phi) is 5.27. The van der Waals surface area contributed by atoms with Gasteiger partial charge in [-0.3, -0.25) is 4.99 Å². The quantitative estimate of drug-likeness (QED) is 0.644. The SMILES string of the molecule is C[NH+]=C/C=C(\N)c1cc(NC(=O)N2C3C[C@@H](C)CC2(c2nnc(C)o2)C3)ccc1Cl. The van der Waals surface area contributed by atoms with Crippen molar-refractivity contribution in [3.63, 3.8) is 0 Å². The summed E-state index contributed by atoms with van der Waals surface area (Å²) in [7, 11) is 1.79. The van der Waals surface area contributed by atoms with Gasteiger partial charge in [0.2, 0.25) is 11.8 Å². The van der Waals surface area contributed by atoms with Crippen molar-refractivity contribution in [1.29, 1.82) is 0 Å². The molecule has 0 spiro atoms. The van der Waals surface area contributed by atoms with Crippen LogP contribution in [0.4, 0.5) is 10.5 Å². The predicted octanol–water partition coefficient (Wildman–Crippen LogP) is 2.04. The third-order valence-corrected chi connectivity index (χ3v) is 6.19. The molecule has 4 N–H and O–H groups in total. The summed E-state index contributed by atoms with van der Waals surface area (Å²) in [5, 5.41) is 11.7. The number of nitrogens with zero attached hydrogens (tertiary/aromatic N) is 3. The van der Waals surface area contributed by atoms with Crippen LogP contribution in [0.15, 0.2) is 28.7 Å². The first kappa shape index (κ1) is 20.4. The Hall–Kier alpha value is -2.87. The highest BCUT2D eigenvalue weighted by atomic mass is 35.5. The summed E-state index contributed by atoms with van der Waals surface area (Å²) in [4.78, 5) is 18.0. The number of aryl methyl sites for hydroxylation is 1. The Morgan fingerprint density at radius 1 is 1.43 bits per heavy atom. The third kappa shape index (κ3) is 3.45. The van der Waals surface area contributed by atoms with Crippen LogP contribution in [0.5, 0.6) is 0 Å². The van der Waals surface area contributed by atoms with E-state index in [-0.39, 0.29) is 12.1 Å². The van der Waals surface area contributed by atoms with Crippen molar-refractivity contribution < 1.29 is 14.2 Å². The number of amides is 2. The number of rotatable bonds is 4. The van der Waals surface area contributed by atoms with E-state index >= 15 is 0 Å². The molecule has 8 nitrogen and oxygen atoms in total. The van der Waals surface area contributed by atoms with Crippen LogP contribution >= 0.6 is 11.6 Å². The average molecular weight is 430 g/mol. The van der Waals surface area contributed by atoms with Crippen LogP contribution in [0, 0.1) is 12.8 Å². The zero-order valence-electron chi connectivity index (χ0n) is 17.3. The van der Waals surface area contributed by atoms with E-state index in [1.165, 1.54) is 0 Å². The second-order valence-electron chi connectivity index (χ2n) is 8.13. The summed E-state index contributed by atoms with van der Waals surface area (Å²) >= 11 is 6.30. The molecule has 2 aromatic rings. The molecule has 3 heterocycles. The second-order valence-corrected chi connectivity index (χ2v) is 8.54. The number of carbonyl (C=O) groups is 1. The number of hydrogen-bond donors (Lipinski definition) is 3. The smallest absolute Gasteiger partial charge is 0.323 e. The lowest BCUT2D eigenvalue weighted by Gasteiger charge is -2.61. The van der Waals surface area contributed by atoms with E-state index in [4.69, 9.17) is 21.8 Å². The van der Waals surface area contributed by atoms with Gasteiger partial charge in [0, 0.05) is 42.4 Å². The van der Waals surface area contributed by atoms with Gasteiger partial charge in [0.25, 0.3) is 0 Å². The van der Waals surface area contributed by atoms with E-state index in [2.05, 4.69) is 27.4 Å². The lowest BCUT2D eigenvalue weighted by atomic mass is 9.64. The van der Waals surface area contributed by atoms with E-state index < -0.39 is 5.54 Å². The van der Waals surface area contributed by atoms with E-state index in [0.29, 0.717) is 39.7 Å². The lowest BCUT2D eigenvalue weighted by Crippen LogP contribution is -2.70. The van der Waals surface area contributed by atoms with Gasteiger partial charge in [-0.2, -0.15) is 0 Å². The van der Waals surface area contributed by atoms with Crippen LogP contribution in [-0.4, -0.2) is 40.4 Å². The van der Waals surface area contributed by atoms with E-state index in [1.807, 2.05) is 4.90 Å². The van der Waals surface area contributed by atoms with Crippen molar-refractivity contribution in [2.75, 3.05) is 12.4 Å². The van der Waals surface area contributed by atoms with Gasteiger partial charge in [-0.1, -0.05) is 18.5 Å². The molecule has 2 saturated heterocycles. The summed E-state index contributed by atoms with van der Waals surface area (Å²) in [5.41, 5.74) is 7.36. The number of halogens is 1. The zero-order valence-corrected chi connectivity index (χ0v) is 18.0. The number of allylic oxidation sites excluding steroid dienone is 1. The monoisotopic (exact) mass is 429 g/mol. The molecule has 2 unspecified atom stereocenters. The molecule has 1 aromatic carbocycles. The van der Waals surface area contributed by atoms with Gasteiger partial charge in [0.15, 0.2) is 6.21 Å². The van der Waals surface area contributed by atoms with Crippen LogP contribution < -0.4 is 16.0 Å². The van der Waals surface area contributed by atoms with E-state index in [1.54, 1.807) is 44.5 Å². The molecule has 4 rings (SSSR count). The molecule has 158 valence electrons. The Morgan fingerprint density at radius 2 is 2.23 bits per heavy atom. The van der Waals surface area contributed by atoms with Crippen LogP contribution in [0.1, 0.15) is 43.5 Å². The first-order valence-corrected chi connectivity index (χ1v) is 10.4. The Bertz CT molecular complexity index is 1030. The molecule has 9 heteroatoms. The molecule has 2 fully saturated rings. The van der Waals surface area contributed by atoms with Crippen molar-refractivity contribution in [2.45, 2.75) is 44.7 Å². The molecule has 0 radical (unpaired) electrons. The topological polar surface area (TPSA) is 111 Å². The fourth-order valence-electron chi connectivity index (χ4n) is 4.70. The number of nitrogens with two attached hydrogens (primary N) is 1. The number of carbonyl (C=O) groups excluding carboxylic acids is 1. The van der Waals surface area contributed by atoms with Gasteiger partial charge in [-0.25, -0.2) is 4.79 Å². The Balaban J connectivity index is 1.59. The molecule has 0 saturated carbocycles. The standard InChI is InChI=1S/C21H25ClN6O2/c1-12-8-15-11-21(10-12,19-27-26-13(2)30-19)28(15)20(29)25-14-4-5-17(22)16(9-14)18(23)6-7-24-3/h4-7,9,12,15H,8,10-11,23H2,1-3H3,(H,25,29)/p+1/b18-6-,24-7?/t12-,15?,21?/m1/s1. The molecule has 1 aromatic heterocycles. The maximum absolute atomic E-state index is 13.3. The summed E-state index contributed by atoms with van der Waals surface area (Å²) < 4.78 is 5.75. The van der Waals surface area contributed by atoms with Crippen LogP contribution in [0.3, 0.4) is 0 Å². The highest BCUT2D eigenvalue weighted by molar-refractivity contribution is 6.32. The number of anilines is 1. The Morgan fingerprint density at radius 3 is 2.93 bits per heavy atom. The minimum atomic E-state index is -0.538. The molecular weight excluding hydrogens is 404 g/mol. The molecule has 3 atom stereocenters. The normalized spacial score (nSPS) is 26.0. The van der Waals surface area contributed by atoms with Crippen molar-refractivity contribution in [2.24, 2.45) is 11.7 Å². The van der Waals surface area contributed by atoms with Gasteiger partial charge in [-0.05, 0) is 37.0 Å². The highest BCUT2D eigenvalue weighted by Gasteiger charge is 2.62. The van der Waals surface area contributed by atoms with E-state index in [9.17, 15) is 4.79 Å². The number of fused-ring (bicyclic) bond motifs is 2. The number of hydrogen-bond acceptors (Lipinski definition) is 5. The molecule has 0 aliphatic carbocycles. The van der Waals surface area contributed by atoms with E-state index in [0.717, 1.165) is 19.3 Å². The number of aromatic nitrogens is 2. The molecular formula is C21H26ClN6O2+. The third-order valence-electron chi connectivity index (χ3n) is 5.86. The molecule has 2 aliphatic rings. The highest BCUT2D eigenvalue weighted by Crippen LogP contribution is 2.55. The van der Waals surface area contributed by atoms with Gasteiger partial charge in [0.1, 0.15) is 12.6 Å².